The lowest BCUT2D eigenvalue weighted by Gasteiger charge is -2.21. The molecule has 0 atom stereocenters. The van der Waals surface area contributed by atoms with Crippen molar-refractivity contribution in [1.82, 2.24) is 5.32 Å². The SMILES string of the molecule is CCCNCCN(C)c1ccccc1OC. The maximum atomic E-state index is 5.33. The van der Waals surface area contributed by atoms with E-state index in [1.807, 2.05) is 18.2 Å². The van der Waals surface area contributed by atoms with Crippen molar-refractivity contribution in [3.8, 4) is 5.75 Å². The Balaban J connectivity index is 2.48. The van der Waals surface area contributed by atoms with Crippen LogP contribution in [0.5, 0.6) is 5.75 Å². The molecule has 0 bridgehead atoms. The quantitative estimate of drug-likeness (QED) is 0.715. The summed E-state index contributed by atoms with van der Waals surface area (Å²) in [6, 6.07) is 8.10. The molecule has 0 saturated heterocycles. The molecule has 90 valence electrons. The number of ether oxygens (including phenoxy) is 1. The summed E-state index contributed by atoms with van der Waals surface area (Å²) in [6.45, 7) is 5.25. The number of hydrogen-bond donors (Lipinski definition) is 1. The average molecular weight is 222 g/mol. The largest absolute Gasteiger partial charge is 0.495 e. The Morgan fingerprint density at radius 1 is 1.25 bits per heavy atom. The number of benzene rings is 1. The fraction of sp³-hybridized carbons (Fsp3) is 0.538. The van der Waals surface area contributed by atoms with Gasteiger partial charge in [0.2, 0.25) is 0 Å². The number of methoxy groups -OCH3 is 1. The Hall–Kier alpha value is -1.22. The zero-order chi connectivity index (χ0) is 11.8. The summed E-state index contributed by atoms with van der Waals surface area (Å²) < 4.78 is 5.33. The van der Waals surface area contributed by atoms with E-state index in [-0.39, 0.29) is 0 Å². The first-order chi connectivity index (χ1) is 7.79. The van der Waals surface area contributed by atoms with Crippen molar-refractivity contribution in [3.63, 3.8) is 0 Å². The zero-order valence-corrected chi connectivity index (χ0v) is 10.5. The number of hydrogen-bond acceptors (Lipinski definition) is 3. The van der Waals surface area contributed by atoms with Gasteiger partial charge in [0.05, 0.1) is 12.8 Å². The summed E-state index contributed by atoms with van der Waals surface area (Å²) in [5.41, 5.74) is 1.14. The Labute approximate surface area is 98.4 Å². The second-order valence-electron chi connectivity index (χ2n) is 3.84. The van der Waals surface area contributed by atoms with E-state index in [2.05, 4.69) is 30.3 Å². The van der Waals surface area contributed by atoms with E-state index in [0.29, 0.717) is 0 Å². The van der Waals surface area contributed by atoms with E-state index in [4.69, 9.17) is 4.74 Å². The summed E-state index contributed by atoms with van der Waals surface area (Å²) in [5, 5.41) is 3.39. The molecule has 0 heterocycles. The van der Waals surface area contributed by atoms with Crippen LogP contribution in [0.2, 0.25) is 0 Å². The van der Waals surface area contributed by atoms with E-state index in [0.717, 1.165) is 31.1 Å². The van der Waals surface area contributed by atoms with E-state index in [9.17, 15) is 0 Å². The van der Waals surface area contributed by atoms with Crippen molar-refractivity contribution >= 4 is 5.69 Å². The number of para-hydroxylation sites is 2. The fourth-order valence-electron chi connectivity index (χ4n) is 1.61. The third kappa shape index (κ3) is 3.74. The van der Waals surface area contributed by atoms with Gasteiger partial charge in [0.15, 0.2) is 0 Å². The number of likely N-dealkylation sites (N-methyl/N-ethyl adjacent to an activating group) is 1. The van der Waals surface area contributed by atoms with Crippen LogP contribution in [0.25, 0.3) is 0 Å². The third-order valence-electron chi connectivity index (χ3n) is 2.55. The highest BCUT2D eigenvalue weighted by molar-refractivity contribution is 5.57. The first-order valence-electron chi connectivity index (χ1n) is 5.84. The Morgan fingerprint density at radius 3 is 2.69 bits per heavy atom. The molecule has 0 fully saturated rings. The van der Waals surface area contributed by atoms with Gasteiger partial charge in [0.25, 0.3) is 0 Å². The first kappa shape index (κ1) is 12.8. The molecular formula is C13H22N2O. The minimum Gasteiger partial charge on any atom is -0.495 e. The maximum Gasteiger partial charge on any atom is 0.142 e. The molecular weight excluding hydrogens is 200 g/mol. The standard InChI is InChI=1S/C13H22N2O/c1-4-9-14-10-11-15(2)12-7-5-6-8-13(12)16-3/h5-8,14H,4,9-11H2,1-3H3. The molecule has 0 aromatic heterocycles. The molecule has 0 aliphatic heterocycles. The average Bonchev–Trinajstić information content (AvgIpc) is 2.34. The van der Waals surface area contributed by atoms with Crippen molar-refractivity contribution in [2.75, 3.05) is 38.7 Å². The van der Waals surface area contributed by atoms with Crippen LogP contribution in [0.4, 0.5) is 5.69 Å². The smallest absolute Gasteiger partial charge is 0.142 e. The van der Waals surface area contributed by atoms with Crippen molar-refractivity contribution in [2.45, 2.75) is 13.3 Å². The topological polar surface area (TPSA) is 24.5 Å². The molecule has 3 nitrogen and oxygen atoms in total. The van der Waals surface area contributed by atoms with Crippen molar-refractivity contribution in [2.24, 2.45) is 0 Å². The van der Waals surface area contributed by atoms with Gasteiger partial charge < -0.3 is 15.0 Å². The zero-order valence-electron chi connectivity index (χ0n) is 10.5. The van der Waals surface area contributed by atoms with Crippen LogP contribution in [-0.2, 0) is 0 Å². The van der Waals surface area contributed by atoms with Crippen LogP contribution in [0.1, 0.15) is 13.3 Å². The predicted octanol–water partition coefficient (Wildman–Crippen LogP) is 2.13. The van der Waals surface area contributed by atoms with Crippen molar-refractivity contribution in [1.29, 1.82) is 0 Å². The second kappa shape index (κ2) is 7.12. The highest BCUT2D eigenvalue weighted by Gasteiger charge is 2.05. The minimum atomic E-state index is 0.931. The molecule has 1 aromatic rings. The lowest BCUT2D eigenvalue weighted by molar-refractivity contribution is 0.415. The van der Waals surface area contributed by atoms with Gasteiger partial charge in [-0.3, -0.25) is 0 Å². The molecule has 0 unspecified atom stereocenters. The molecule has 0 aliphatic carbocycles. The fourth-order valence-corrected chi connectivity index (χ4v) is 1.61. The molecule has 0 saturated carbocycles. The number of anilines is 1. The van der Waals surface area contributed by atoms with Crippen LogP contribution in [0, 0.1) is 0 Å². The van der Waals surface area contributed by atoms with Crippen LogP contribution in [-0.4, -0.2) is 33.8 Å². The van der Waals surface area contributed by atoms with E-state index >= 15 is 0 Å². The van der Waals surface area contributed by atoms with Gasteiger partial charge in [-0.1, -0.05) is 19.1 Å². The van der Waals surface area contributed by atoms with Gasteiger partial charge in [-0.05, 0) is 25.1 Å². The molecule has 1 rings (SSSR count). The van der Waals surface area contributed by atoms with Crippen molar-refractivity contribution < 1.29 is 4.74 Å². The molecule has 3 heteroatoms. The van der Waals surface area contributed by atoms with Gasteiger partial charge in [-0.15, -0.1) is 0 Å². The normalized spacial score (nSPS) is 10.2. The monoisotopic (exact) mass is 222 g/mol. The summed E-state index contributed by atoms with van der Waals surface area (Å²) in [4.78, 5) is 2.21. The molecule has 1 aromatic carbocycles. The molecule has 16 heavy (non-hydrogen) atoms. The Morgan fingerprint density at radius 2 is 2.00 bits per heavy atom. The summed E-state index contributed by atoms with van der Waals surface area (Å²) >= 11 is 0. The van der Waals surface area contributed by atoms with E-state index in [1.165, 1.54) is 6.42 Å². The molecule has 1 N–H and O–H groups in total. The molecule has 0 spiro atoms. The van der Waals surface area contributed by atoms with Gasteiger partial charge in [-0.2, -0.15) is 0 Å². The number of nitrogens with zero attached hydrogens (tertiary/aromatic N) is 1. The Kier molecular flexibility index (Phi) is 5.72. The van der Waals surface area contributed by atoms with Crippen LogP contribution in [0.15, 0.2) is 24.3 Å². The third-order valence-corrected chi connectivity index (χ3v) is 2.55. The van der Waals surface area contributed by atoms with Crippen LogP contribution < -0.4 is 15.0 Å². The number of rotatable bonds is 7. The van der Waals surface area contributed by atoms with Gasteiger partial charge in [0, 0.05) is 20.1 Å². The van der Waals surface area contributed by atoms with E-state index < -0.39 is 0 Å². The van der Waals surface area contributed by atoms with Gasteiger partial charge >= 0.3 is 0 Å². The Bertz CT molecular complexity index is 302. The van der Waals surface area contributed by atoms with Crippen LogP contribution in [0.3, 0.4) is 0 Å². The maximum absolute atomic E-state index is 5.33. The minimum absolute atomic E-state index is 0.931. The highest BCUT2D eigenvalue weighted by atomic mass is 16.5. The summed E-state index contributed by atoms with van der Waals surface area (Å²) in [5.74, 6) is 0.931. The van der Waals surface area contributed by atoms with Gasteiger partial charge in [-0.25, -0.2) is 0 Å². The highest BCUT2D eigenvalue weighted by Crippen LogP contribution is 2.25. The second-order valence-corrected chi connectivity index (χ2v) is 3.84. The molecule has 0 amide bonds. The summed E-state index contributed by atoms with van der Waals surface area (Å²) in [7, 11) is 3.80. The van der Waals surface area contributed by atoms with Crippen molar-refractivity contribution in [3.05, 3.63) is 24.3 Å². The summed E-state index contributed by atoms with van der Waals surface area (Å²) in [6.07, 6.45) is 1.18. The molecule has 0 radical (unpaired) electrons. The number of nitrogens with one attached hydrogen (secondary N) is 1. The predicted molar refractivity (Wildman–Crippen MR) is 69.4 cm³/mol. The first-order valence-corrected chi connectivity index (χ1v) is 5.84. The van der Waals surface area contributed by atoms with E-state index in [1.54, 1.807) is 7.11 Å². The molecule has 0 aliphatic rings. The van der Waals surface area contributed by atoms with Gasteiger partial charge in [0.1, 0.15) is 5.75 Å². The lowest BCUT2D eigenvalue weighted by Crippen LogP contribution is -2.29. The lowest BCUT2D eigenvalue weighted by atomic mass is 10.2. The van der Waals surface area contributed by atoms with Crippen LogP contribution >= 0.6 is 0 Å².